The predicted molar refractivity (Wildman–Crippen MR) is 102 cm³/mol. The van der Waals surface area contributed by atoms with Gasteiger partial charge in [0.25, 0.3) is 14.3 Å². The summed E-state index contributed by atoms with van der Waals surface area (Å²) in [4.78, 5) is 13.1. The van der Waals surface area contributed by atoms with Crippen molar-refractivity contribution in [3.63, 3.8) is 0 Å². The third kappa shape index (κ3) is 2.57. The lowest BCUT2D eigenvalue weighted by Crippen LogP contribution is -2.49. The van der Waals surface area contributed by atoms with Gasteiger partial charge in [-0.2, -0.15) is 0 Å². The van der Waals surface area contributed by atoms with E-state index >= 15 is 0 Å². The van der Waals surface area contributed by atoms with Gasteiger partial charge in [0.1, 0.15) is 0 Å². The topological polar surface area (TPSA) is 26.3 Å². The lowest BCUT2D eigenvalue weighted by molar-refractivity contribution is -0.137. The van der Waals surface area contributed by atoms with Gasteiger partial charge in [0.2, 0.25) is 0 Å². The Kier molecular flexibility index (Phi) is 4.50. The molecule has 0 unspecified atom stereocenters. The zero-order valence-corrected chi connectivity index (χ0v) is 16.7. The molecule has 2 nitrogen and oxygen atoms in total. The molecule has 3 heteroatoms. The van der Waals surface area contributed by atoms with Crippen molar-refractivity contribution in [3.8, 4) is 0 Å². The Morgan fingerprint density at radius 2 is 1.58 bits per heavy atom. The summed E-state index contributed by atoms with van der Waals surface area (Å²) in [6.07, 6.45) is 4.38. The highest BCUT2D eigenvalue weighted by molar-refractivity contribution is 6.78. The van der Waals surface area contributed by atoms with Crippen LogP contribution in [0.25, 0.3) is 6.08 Å². The Morgan fingerprint density at radius 1 is 1.00 bits per heavy atom. The predicted octanol–water partition coefficient (Wildman–Crippen LogP) is 5.76. The van der Waals surface area contributed by atoms with Gasteiger partial charge in [-0.25, -0.2) is 0 Å². The molecule has 0 amide bonds. The van der Waals surface area contributed by atoms with E-state index in [-0.39, 0.29) is 11.9 Å². The molecule has 1 fully saturated rings. The van der Waals surface area contributed by atoms with Crippen LogP contribution in [0.3, 0.4) is 0 Å². The molecule has 0 saturated heterocycles. The number of hydrogen-bond donors (Lipinski definition) is 0. The van der Waals surface area contributed by atoms with Crippen LogP contribution in [0, 0.1) is 11.8 Å². The highest BCUT2D eigenvalue weighted by Crippen LogP contribution is 2.59. The molecule has 0 radical (unpaired) electrons. The van der Waals surface area contributed by atoms with E-state index in [1.165, 1.54) is 11.1 Å². The van der Waals surface area contributed by atoms with Crippen molar-refractivity contribution in [2.75, 3.05) is 0 Å². The number of fused-ring (bicyclic) bond motifs is 3. The highest BCUT2D eigenvalue weighted by atomic mass is 28.4. The SMILES string of the molecule is CC(C)[Si](OC(=O)[C@@H]1[C@H]2C=Cc3ccccc3[C@H]21)(C(C)C)C(C)C. The molecule has 0 aliphatic heterocycles. The highest BCUT2D eigenvalue weighted by Gasteiger charge is 2.59. The van der Waals surface area contributed by atoms with E-state index in [0.29, 0.717) is 28.5 Å². The minimum atomic E-state index is -2.14. The lowest BCUT2D eigenvalue weighted by atomic mass is 9.97. The molecule has 2 aliphatic rings. The van der Waals surface area contributed by atoms with Crippen molar-refractivity contribution in [1.29, 1.82) is 0 Å². The maximum absolute atomic E-state index is 13.1. The van der Waals surface area contributed by atoms with Crippen LogP contribution >= 0.6 is 0 Å². The fourth-order valence-corrected chi connectivity index (χ4v) is 10.2. The molecule has 0 bridgehead atoms. The van der Waals surface area contributed by atoms with Crippen LogP contribution in [0.2, 0.25) is 16.6 Å². The molecule has 0 N–H and O–H groups in total. The largest absolute Gasteiger partial charge is 0.518 e. The molecule has 24 heavy (non-hydrogen) atoms. The maximum Gasteiger partial charge on any atom is 0.296 e. The van der Waals surface area contributed by atoms with Gasteiger partial charge in [-0.1, -0.05) is 78.0 Å². The third-order valence-electron chi connectivity index (χ3n) is 6.19. The molecular weight excluding hydrogens is 312 g/mol. The minimum absolute atomic E-state index is 0.0213. The Morgan fingerprint density at radius 3 is 2.17 bits per heavy atom. The lowest BCUT2D eigenvalue weighted by Gasteiger charge is -2.41. The van der Waals surface area contributed by atoms with Gasteiger partial charge in [-0.15, -0.1) is 0 Å². The molecule has 0 heterocycles. The second-order valence-corrected chi connectivity index (χ2v) is 13.7. The minimum Gasteiger partial charge on any atom is -0.518 e. The average Bonchev–Trinajstić information content (AvgIpc) is 3.26. The normalized spacial score (nSPS) is 25.0. The van der Waals surface area contributed by atoms with Crippen molar-refractivity contribution in [1.82, 2.24) is 0 Å². The van der Waals surface area contributed by atoms with E-state index in [1.54, 1.807) is 0 Å². The maximum atomic E-state index is 13.1. The number of benzene rings is 1. The first kappa shape index (κ1) is 17.5. The summed E-state index contributed by atoms with van der Waals surface area (Å²) in [6, 6.07) is 8.44. The van der Waals surface area contributed by atoms with Crippen molar-refractivity contribution >= 4 is 20.4 Å². The van der Waals surface area contributed by atoms with Crippen LogP contribution in [-0.2, 0) is 9.22 Å². The van der Waals surface area contributed by atoms with Gasteiger partial charge < -0.3 is 4.43 Å². The summed E-state index contributed by atoms with van der Waals surface area (Å²) in [5.41, 5.74) is 3.88. The van der Waals surface area contributed by atoms with Gasteiger partial charge in [0.05, 0.1) is 5.92 Å². The second-order valence-electron chi connectivity index (χ2n) is 8.36. The second kappa shape index (κ2) is 6.18. The summed E-state index contributed by atoms with van der Waals surface area (Å²) >= 11 is 0. The first-order valence-electron chi connectivity index (χ1n) is 9.30. The van der Waals surface area contributed by atoms with Crippen molar-refractivity contribution in [2.24, 2.45) is 11.8 Å². The summed E-state index contributed by atoms with van der Waals surface area (Å²) < 4.78 is 6.42. The fourth-order valence-electron chi connectivity index (χ4n) is 5.06. The van der Waals surface area contributed by atoms with E-state index in [1.807, 2.05) is 0 Å². The molecular formula is C21H30O2Si. The van der Waals surface area contributed by atoms with Crippen LogP contribution in [-0.4, -0.2) is 14.3 Å². The number of carbonyl (C=O) groups excluding carboxylic acids is 1. The molecule has 0 aromatic heterocycles. The summed E-state index contributed by atoms with van der Waals surface area (Å²) in [6.45, 7) is 13.4. The van der Waals surface area contributed by atoms with Crippen LogP contribution in [0.1, 0.15) is 58.6 Å². The summed E-state index contributed by atoms with van der Waals surface area (Å²) in [7, 11) is -2.14. The molecule has 1 aromatic carbocycles. The van der Waals surface area contributed by atoms with Crippen LogP contribution in [0.15, 0.2) is 30.3 Å². The molecule has 3 atom stereocenters. The monoisotopic (exact) mass is 342 g/mol. The Hall–Kier alpha value is -1.35. The summed E-state index contributed by atoms with van der Waals surface area (Å²) in [5, 5.41) is 0. The smallest absolute Gasteiger partial charge is 0.296 e. The van der Waals surface area contributed by atoms with Crippen molar-refractivity contribution < 1.29 is 9.22 Å². The van der Waals surface area contributed by atoms with Crippen molar-refractivity contribution in [3.05, 3.63) is 41.5 Å². The van der Waals surface area contributed by atoms with Gasteiger partial charge >= 0.3 is 0 Å². The molecule has 1 aromatic rings. The number of rotatable bonds is 5. The first-order valence-corrected chi connectivity index (χ1v) is 11.4. The molecule has 1 saturated carbocycles. The zero-order chi connectivity index (χ0) is 17.6. The average molecular weight is 343 g/mol. The van der Waals surface area contributed by atoms with Crippen molar-refractivity contribution in [2.45, 2.75) is 64.1 Å². The van der Waals surface area contributed by atoms with E-state index in [0.717, 1.165) is 0 Å². The van der Waals surface area contributed by atoms with Gasteiger partial charge in [-0.3, -0.25) is 4.79 Å². The standard InChI is InChI=1S/C21H30O2Si/c1-13(2)24(14(3)4,15(5)6)23-21(22)20-18-12-11-16-9-7-8-10-17(16)19(18)20/h7-15,18-20H,1-6H3/t18-,19+,20+/m0/s1. The van der Waals surface area contributed by atoms with E-state index in [9.17, 15) is 4.79 Å². The zero-order valence-electron chi connectivity index (χ0n) is 15.7. The van der Waals surface area contributed by atoms with E-state index < -0.39 is 8.32 Å². The Labute approximate surface area is 147 Å². The molecule has 2 aliphatic carbocycles. The van der Waals surface area contributed by atoms with E-state index in [4.69, 9.17) is 4.43 Å². The van der Waals surface area contributed by atoms with Gasteiger partial charge in [0, 0.05) is 5.92 Å². The summed E-state index contributed by atoms with van der Waals surface area (Å²) in [5.74, 6) is 0.740. The number of allylic oxidation sites excluding steroid dienone is 1. The fraction of sp³-hybridized carbons (Fsp3) is 0.571. The van der Waals surface area contributed by atoms with Gasteiger partial charge in [-0.05, 0) is 33.7 Å². The van der Waals surface area contributed by atoms with Crippen LogP contribution in [0.5, 0.6) is 0 Å². The molecule has 3 rings (SSSR count). The van der Waals surface area contributed by atoms with Gasteiger partial charge in [0.15, 0.2) is 0 Å². The van der Waals surface area contributed by atoms with E-state index in [2.05, 4.69) is 78.0 Å². The Balaban J connectivity index is 1.83. The van der Waals surface area contributed by atoms with Crippen LogP contribution < -0.4 is 0 Å². The van der Waals surface area contributed by atoms with Crippen LogP contribution in [0.4, 0.5) is 0 Å². The Bertz CT molecular complexity index is 638. The molecule has 130 valence electrons. The number of carbonyl (C=O) groups is 1. The molecule has 0 spiro atoms. The quantitative estimate of drug-likeness (QED) is 0.636. The number of hydrogen-bond acceptors (Lipinski definition) is 2. The first-order chi connectivity index (χ1) is 11.3. The third-order valence-corrected chi connectivity index (χ3v) is 12.2.